The van der Waals surface area contributed by atoms with Crippen LogP contribution in [-0.2, 0) is 11.3 Å². The van der Waals surface area contributed by atoms with Crippen LogP contribution in [0.1, 0.15) is 64.9 Å². The van der Waals surface area contributed by atoms with E-state index in [9.17, 15) is 4.79 Å². The molecule has 25 heavy (non-hydrogen) atoms. The van der Waals surface area contributed by atoms with Gasteiger partial charge in [0.25, 0.3) is 0 Å². The minimum absolute atomic E-state index is 0.273. The van der Waals surface area contributed by atoms with Gasteiger partial charge in [-0.3, -0.25) is 0 Å². The summed E-state index contributed by atoms with van der Waals surface area (Å²) in [6, 6.07) is 11.5. The zero-order valence-corrected chi connectivity index (χ0v) is 15.8. The van der Waals surface area contributed by atoms with E-state index in [1.165, 1.54) is 31.2 Å². The van der Waals surface area contributed by atoms with Gasteiger partial charge in [0.15, 0.2) is 0 Å². The van der Waals surface area contributed by atoms with Crippen LogP contribution in [-0.4, -0.2) is 23.8 Å². The van der Waals surface area contributed by atoms with Crippen LogP contribution in [0.5, 0.6) is 0 Å². The molecule has 2 N–H and O–H groups in total. The van der Waals surface area contributed by atoms with Crippen molar-refractivity contribution in [3.63, 3.8) is 0 Å². The Labute approximate surface area is 151 Å². The maximum absolute atomic E-state index is 11.9. The van der Waals surface area contributed by atoms with Crippen molar-refractivity contribution in [2.75, 3.05) is 0 Å². The molecule has 138 valence electrons. The van der Waals surface area contributed by atoms with E-state index < -0.39 is 5.60 Å². The quantitative estimate of drug-likeness (QED) is 0.851. The summed E-state index contributed by atoms with van der Waals surface area (Å²) in [6.07, 6.45) is 6.97. The van der Waals surface area contributed by atoms with Crippen molar-refractivity contribution in [2.45, 2.75) is 83.5 Å². The first-order chi connectivity index (χ1) is 11.8. The number of hydrogen-bond acceptors (Lipinski definition) is 3. The van der Waals surface area contributed by atoms with Crippen LogP contribution in [0.25, 0.3) is 0 Å². The summed E-state index contributed by atoms with van der Waals surface area (Å²) in [6.45, 7) is 6.66. The van der Waals surface area contributed by atoms with E-state index in [1.54, 1.807) is 0 Å². The minimum atomic E-state index is -0.423. The molecule has 2 saturated carbocycles. The third kappa shape index (κ3) is 5.21. The molecule has 3 rings (SSSR count). The molecule has 4 heteroatoms. The number of hydrogen-bond donors (Lipinski definition) is 2. The molecule has 0 heterocycles. The van der Waals surface area contributed by atoms with Crippen LogP contribution in [0.15, 0.2) is 30.3 Å². The van der Waals surface area contributed by atoms with Gasteiger partial charge in [-0.05, 0) is 70.3 Å². The topological polar surface area (TPSA) is 50.4 Å². The molecular formula is C21H32N2O2. The second-order valence-corrected chi connectivity index (χ2v) is 8.89. The summed E-state index contributed by atoms with van der Waals surface area (Å²) in [5.74, 6) is 0. The molecule has 0 unspecified atom stereocenters. The van der Waals surface area contributed by atoms with Gasteiger partial charge in [-0.2, -0.15) is 0 Å². The molecule has 0 radical (unpaired) electrons. The Kier molecular flexibility index (Phi) is 5.38. The summed E-state index contributed by atoms with van der Waals surface area (Å²) in [5, 5.41) is 6.73. The summed E-state index contributed by atoms with van der Waals surface area (Å²) >= 11 is 0. The largest absolute Gasteiger partial charge is 0.444 e. The molecule has 0 bridgehead atoms. The molecule has 2 fully saturated rings. The van der Waals surface area contributed by atoms with Crippen LogP contribution < -0.4 is 10.6 Å². The summed E-state index contributed by atoms with van der Waals surface area (Å²) < 4.78 is 5.35. The van der Waals surface area contributed by atoms with Crippen molar-refractivity contribution in [3.8, 4) is 0 Å². The molecule has 4 nitrogen and oxygen atoms in total. The Hall–Kier alpha value is -1.55. The van der Waals surface area contributed by atoms with Crippen molar-refractivity contribution in [3.05, 3.63) is 35.9 Å². The van der Waals surface area contributed by atoms with Gasteiger partial charge in [0.1, 0.15) is 5.60 Å². The van der Waals surface area contributed by atoms with Crippen molar-refractivity contribution >= 4 is 6.09 Å². The number of benzene rings is 1. The Morgan fingerprint density at radius 2 is 1.76 bits per heavy atom. The first kappa shape index (κ1) is 18.2. The zero-order chi connectivity index (χ0) is 17.9. The lowest BCUT2D eigenvalue weighted by molar-refractivity contribution is 0.0120. The minimum Gasteiger partial charge on any atom is -0.444 e. The number of nitrogens with one attached hydrogen (secondary N) is 2. The lowest BCUT2D eigenvalue weighted by Crippen LogP contribution is -2.53. The van der Waals surface area contributed by atoms with Gasteiger partial charge >= 0.3 is 6.09 Å². The van der Waals surface area contributed by atoms with Crippen molar-refractivity contribution in [1.29, 1.82) is 0 Å². The van der Waals surface area contributed by atoms with Crippen LogP contribution in [0, 0.1) is 5.41 Å². The van der Waals surface area contributed by atoms with E-state index in [1.807, 2.05) is 20.8 Å². The number of alkyl carbamates (subject to hydrolysis) is 1. The normalized spacial score (nSPS) is 29.1. The lowest BCUT2D eigenvalue weighted by atomic mass is 9.58. The molecular weight excluding hydrogens is 312 g/mol. The van der Waals surface area contributed by atoms with Gasteiger partial charge < -0.3 is 15.4 Å². The standard InChI is InChI=1S/C21H32N2O2/c1-20(2,3)25-19(24)23-18-13-21(14-18)11-9-17(10-12-21)22-15-16-7-5-4-6-8-16/h4-8,17-18,22H,9-15H2,1-3H3,(H,23,24)/t17-,18-,21?. The predicted octanol–water partition coefficient (Wildman–Crippen LogP) is 4.39. The number of amides is 1. The highest BCUT2D eigenvalue weighted by Gasteiger charge is 2.46. The maximum atomic E-state index is 11.9. The molecule has 0 atom stereocenters. The fourth-order valence-corrected chi connectivity index (χ4v) is 4.26. The van der Waals surface area contributed by atoms with Crippen LogP contribution in [0.2, 0.25) is 0 Å². The first-order valence-corrected chi connectivity index (χ1v) is 9.60. The fourth-order valence-electron chi connectivity index (χ4n) is 4.26. The van der Waals surface area contributed by atoms with Crippen molar-refractivity contribution in [2.24, 2.45) is 5.41 Å². The van der Waals surface area contributed by atoms with E-state index in [0.29, 0.717) is 17.5 Å². The molecule has 2 aliphatic rings. The van der Waals surface area contributed by atoms with Crippen molar-refractivity contribution in [1.82, 2.24) is 10.6 Å². The molecule has 0 aliphatic heterocycles. The van der Waals surface area contributed by atoms with Gasteiger partial charge in [0.2, 0.25) is 0 Å². The first-order valence-electron chi connectivity index (χ1n) is 9.60. The van der Waals surface area contributed by atoms with Gasteiger partial charge in [-0.15, -0.1) is 0 Å². The molecule has 0 saturated heterocycles. The average Bonchev–Trinajstić information content (AvgIpc) is 2.52. The Balaban J connectivity index is 1.35. The summed E-state index contributed by atoms with van der Waals surface area (Å²) in [4.78, 5) is 11.9. The van der Waals surface area contributed by atoms with Crippen LogP contribution >= 0.6 is 0 Å². The van der Waals surface area contributed by atoms with E-state index in [0.717, 1.165) is 19.4 Å². The Morgan fingerprint density at radius 1 is 1.12 bits per heavy atom. The molecule has 0 aromatic heterocycles. The van der Waals surface area contributed by atoms with Gasteiger partial charge in [-0.25, -0.2) is 4.79 Å². The third-order valence-corrected chi connectivity index (χ3v) is 5.56. The molecule has 1 aromatic rings. The zero-order valence-electron chi connectivity index (χ0n) is 15.8. The highest BCUT2D eigenvalue weighted by atomic mass is 16.6. The number of carbonyl (C=O) groups excluding carboxylic acids is 1. The Bertz CT molecular complexity index is 563. The van der Waals surface area contributed by atoms with Gasteiger partial charge in [0.05, 0.1) is 0 Å². The van der Waals surface area contributed by atoms with Crippen LogP contribution in [0.4, 0.5) is 4.79 Å². The van der Waals surface area contributed by atoms with Gasteiger partial charge in [-0.1, -0.05) is 30.3 Å². The average molecular weight is 344 g/mol. The van der Waals surface area contributed by atoms with Crippen LogP contribution in [0.3, 0.4) is 0 Å². The Morgan fingerprint density at radius 3 is 2.36 bits per heavy atom. The molecule has 1 spiro atoms. The van der Waals surface area contributed by atoms with E-state index >= 15 is 0 Å². The van der Waals surface area contributed by atoms with Crippen molar-refractivity contribution < 1.29 is 9.53 Å². The van der Waals surface area contributed by atoms with E-state index in [2.05, 4.69) is 41.0 Å². The highest BCUT2D eigenvalue weighted by molar-refractivity contribution is 5.68. The molecule has 1 amide bonds. The van der Waals surface area contributed by atoms with E-state index in [4.69, 9.17) is 4.74 Å². The smallest absolute Gasteiger partial charge is 0.407 e. The highest BCUT2D eigenvalue weighted by Crippen LogP contribution is 2.51. The van der Waals surface area contributed by atoms with E-state index in [-0.39, 0.29) is 6.09 Å². The van der Waals surface area contributed by atoms with Gasteiger partial charge in [0, 0.05) is 18.6 Å². The molecule has 1 aromatic carbocycles. The monoisotopic (exact) mass is 344 g/mol. The molecule has 2 aliphatic carbocycles. The second-order valence-electron chi connectivity index (χ2n) is 8.89. The number of ether oxygens (including phenoxy) is 1. The summed E-state index contributed by atoms with van der Waals surface area (Å²) in [7, 11) is 0. The number of carbonyl (C=O) groups is 1. The SMILES string of the molecule is CC(C)(C)OC(=O)N[C@H]1CC2(CC[C@H](NCc3ccccc3)CC2)C1. The predicted molar refractivity (Wildman–Crippen MR) is 100 cm³/mol. The third-order valence-electron chi connectivity index (χ3n) is 5.56. The summed E-state index contributed by atoms with van der Waals surface area (Å²) in [5.41, 5.74) is 1.39. The maximum Gasteiger partial charge on any atom is 0.407 e. The lowest BCUT2D eigenvalue weighted by Gasteiger charge is -2.51. The fraction of sp³-hybridized carbons (Fsp3) is 0.667. The second kappa shape index (κ2) is 7.36. The number of rotatable bonds is 4.